The van der Waals surface area contributed by atoms with Crippen LogP contribution in [0.5, 0.6) is 0 Å². The van der Waals surface area contributed by atoms with Crippen molar-refractivity contribution < 1.29 is 0 Å². The van der Waals surface area contributed by atoms with Crippen LogP contribution in [0, 0.1) is 13.8 Å². The van der Waals surface area contributed by atoms with Gasteiger partial charge in [-0.25, -0.2) is 0 Å². The lowest BCUT2D eigenvalue weighted by Gasteiger charge is -2.03. The van der Waals surface area contributed by atoms with E-state index in [2.05, 4.69) is 30.0 Å². The molecule has 0 bridgehead atoms. The van der Waals surface area contributed by atoms with E-state index in [0.717, 1.165) is 43.9 Å². The Morgan fingerprint density at radius 3 is 2.81 bits per heavy atom. The molecule has 0 radical (unpaired) electrons. The third kappa shape index (κ3) is 4.04. The first-order valence-corrected chi connectivity index (χ1v) is 5.93. The van der Waals surface area contributed by atoms with E-state index in [1.54, 1.807) is 0 Å². The van der Waals surface area contributed by atoms with Gasteiger partial charge in [-0.1, -0.05) is 6.92 Å². The Hall–Kier alpha value is -1.32. The van der Waals surface area contributed by atoms with E-state index in [1.165, 1.54) is 5.69 Å². The largest absolute Gasteiger partial charge is 0.387 e. The van der Waals surface area contributed by atoms with E-state index in [9.17, 15) is 0 Å². The van der Waals surface area contributed by atoms with E-state index < -0.39 is 0 Å². The highest BCUT2D eigenvalue weighted by molar-refractivity contribution is 5.80. The average Bonchev–Trinajstić information content (AvgIpc) is 2.53. The highest BCUT2D eigenvalue weighted by atomic mass is 15.3. The lowest BCUT2D eigenvalue weighted by molar-refractivity contribution is 0.568. The van der Waals surface area contributed by atoms with Crippen LogP contribution < -0.4 is 5.73 Å². The van der Waals surface area contributed by atoms with Crippen molar-refractivity contribution in [3.8, 4) is 0 Å². The van der Waals surface area contributed by atoms with E-state index in [-0.39, 0.29) is 0 Å². The second-order valence-corrected chi connectivity index (χ2v) is 4.13. The summed E-state index contributed by atoms with van der Waals surface area (Å²) < 4.78 is 2.03. The Balaban J connectivity index is 2.31. The molecule has 0 saturated heterocycles. The highest BCUT2D eigenvalue weighted by Crippen LogP contribution is 2.02. The molecule has 0 aliphatic heterocycles. The van der Waals surface area contributed by atoms with Crippen molar-refractivity contribution in [1.82, 2.24) is 9.78 Å². The van der Waals surface area contributed by atoms with E-state index in [0.29, 0.717) is 0 Å². The van der Waals surface area contributed by atoms with Gasteiger partial charge in [0.1, 0.15) is 0 Å². The van der Waals surface area contributed by atoms with Gasteiger partial charge in [0.2, 0.25) is 0 Å². The second kappa shape index (κ2) is 6.30. The molecule has 0 aliphatic carbocycles. The molecule has 0 amide bonds. The summed E-state index contributed by atoms with van der Waals surface area (Å²) in [4.78, 5) is 4.32. The molecule has 0 aliphatic rings. The molecule has 4 heteroatoms. The zero-order valence-corrected chi connectivity index (χ0v) is 10.5. The van der Waals surface area contributed by atoms with E-state index >= 15 is 0 Å². The molecule has 0 saturated carbocycles. The monoisotopic (exact) mass is 222 g/mol. The van der Waals surface area contributed by atoms with Crippen molar-refractivity contribution in [3.05, 3.63) is 17.5 Å². The van der Waals surface area contributed by atoms with Gasteiger partial charge in [-0.15, -0.1) is 0 Å². The van der Waals surface area contributed by atoms with Gasteiger partial charge in [0, 0.05) is 25.2 Å². The number of aliphatic imine (C=N–C) groups is 1. The van der Waals surface area contributed by atoms with E-state index in [4.69, 9.17) is 5.73 Å². The van der Waals surface area contributed by atoms with Crippen molar-refractivity contribution in [2.24, 2.45) is 10.7 Å². The molecule has 0 fully saturated rings. The minimum atomic E-state index is 0.774. The summed E-state index contributed by atoms with van der Waals surface area (Å²) in [5.74, 6) is 0.774. The Bertz CT molecular complexity index is 352. The van der Waals surface area contributed by atoms with Gasteiger partial charge in [0.05, 0.1) is 11.5 Å². The predicted molar refractivity (Wildman–Crippen MR) is 67.7 cm³/mol. The number of amidine groups is 1. The zero-order chi connectivity index (χ0) is 12.0. The molecule has 0 spiro atoms. The summed E-state index contributed by atoms with van der Waals surface area (Å²) in [5.41, 5.74) is 8.01. The van der Waals surface area contributed by atoms with Gasteiger partial charge < -0.3 is 5.73 Å². The molecule has 0 aromatic carbocycles. The summed E-state index contributed by atoms with van der Waals surface area (Å²) in [5, 5.41) is 4.40. The van der Waals surface area contributed by atoms with Crippen molar-refractivity contribution in [1.29, 1.82) is 0 Å². The number of hydrogen-bond donors (Lipinski definition) is 1. The lowest BCUT2D eigenvalue weighted by Crippen LogP contribution is -2.12. The van der Waals surface area contributed by atoms with E-state index in [1.807, 2.05) is 11.6 Å². The fourth-order valence-electron chi connectivity index (χ4n) is 1.68. The van der Waals surface area contributed by atoms with Crippen molar-refractivity contribution >= 4 is 5.84 Å². The fraction of sp³-hybridized carbons (Fsp3) is 0.667. The normalized spacial score (nSPS) is 12.1. The molecule has 0 unspecified atom stereocenters. The maximum atomic E-state index is 5.73. The third-order valence-corrected chi connectivity index (χ3v) is 2.45. The second-order valence-electron chi connectivity index (χ2n) is 4.13. The number of rotatable bonds is 6. The Labute approximate surface area is 97.6 Å². The number of nitrogens with zero attached hydrogens (tertiary/aromatic N) is 3. The number of aromatic nitrogens is 2. The van der Waals surface area contributed by atoms with Crippen LogP contribution >= 0.6 is 0 Å². The SMILES string of the molecule is CCCC(N)=NCCCn1nc(C)cc1C. The first kappa shape index (κ1) is 12.7. The standard InChI is InChI=1S/C12H22N4/c1-4-6-12(13)14-7-5-8-16-11(3)9-10(2)15-16/h9H,4-8H2,1-3H3,(H2,13,14). The van der Waals surface area contributed by atoms with Crippen LogP contribution in [0.3, 0.4) is 0 Å². The number of nitrogens with two attached hydrogens (primary N) is 1. The molecule has 90 valence electrons. The maximum Gasteiger partial charge on any atom is 0.0936 e. The van der Waals surface area contributed by atoms with Crippen LogP contribution in [0.4, 0.5) is 0 Å². The van der Waals surface area contributed by atoms with Crippen LogP contribution in [0.25, 0.3) is 0 Å². The molecule has 16 heavy (non-hydrogen) atoms. The molecular formula is C12H22N4. The molecule has 1 rings (SSSR count). The predicted octanol–water partition coefficient (Wildman–Crippen LogP) is 2.05. The lowest BCUT2D eigenvalue weighted by atomic mass is 10.3. The Morgan fingerprint density at radius 2 is 2.25 bits per heavy atom. The summed E-state index contributed by atoms with van der Waals surface area (Å²) in [6.07, 6.45) is 2.96. The molecule has 1 aromatic rings. The molecule has 2 N–H and O–H groups in total. The fourth-order valence-corrected chi connectivity index (χ4v) is 1.68. The first-order chi connectivity index (χ1) is 7.63. The Morgan fingerprint density at radius 1 is 1.50 bits per heavy atom. The van der Waals surface area contributed by atoms with Crippen LogP contribution in [-0.2, 0) is 6.54 Å². The third-order valence-electron chi connectivity index (χ3n) is 2.45. The zero-order valence-electron chi connectivity index (χ0n) is 10.5. The summed E-state index contributed by atoms with van der Waals surface area (Å²) in [7, 11) is 0. The van der Waals surface area contributed by atoms with Gasteiger partial charge in [0.25, 0.3) is 0 Å². The number of aryl methyl sites for hydroxylation is 3. The smallest absolute Gasteiger partial charge is 0.0936 e. The average molecular weight is 222 g/mol. The molecule has 0 atom stereocenters. The molecular weight excluding hydrogens is 200 g/mol. The molecule has 1 heterocycles. The highest BCUT2D eigenvalue weighted by Gasteiger charge is 1.99. The summed E-state index contributed by atoms with van der Waals surface area (Å²) >= 11 is 0. The molecule has 4 nitrogen and oxygen atoms in total. The van der Waals surface area contributed by atoms with Crippen LogP contribution in [-0.4, -0.2) is 22.2 Å². The van der Waals surface area contributed by atoms with Gasteiger partial charge in [-0.05, 0) is 32.8 Å². The first-order valence-electron chi connectivity index (χ1n) is 5.93. The van der Waals surface area contributed by atoms with Crippen LogP contribution in [0.1, 0.15) is 37.6 Å². The van der Waals surface area contributed by atoms with Crippen molar-refractivity contribution in [2.45, 2.75) is 46.6 Å². The summed E-state index contributed by atoms with van der Waals surface area (Å²) in [6.45, 7) is 7.92. The minimum Gasteiger partial charge on any atom is -0.387 e. The van der Waals surface area contributed by atoms with Gasteiger partial charge in [-0.2, -0.15) is 5.10 Å². The summed E-state index contributed by atoms with van der Waals surface area (Å²) in [6, 6.07) is 2.09. The number of hydrogen-bond acceptors (Lipinski definition) is 2. The van der Waals surface area contributed by atoms with Gasteiger partial charge in [-0.3, -0.25) is 9.67 Å². The van der Waals surface area contributed by atoms with Crippen LogP contribution in [0.15, 0.2) is 11.1 Å². The maximum absolute atomic E-state index is 5.73. The quantitative estimate of drug-likeness (QED) is 0.455. The van der Waals surface area contributed by atoms with Crippen molar-refractivity contribution in [2.75, 3.05) is 6.54 Å². The van der Waals surface area contributed by atoms with Gasteiger partial charge in [0.15, 0.2) is 0 Å². The Kier molecular flexibility index (Phi) is 5.02. The molecule has 1 aromatic heterocycles. The van der Waals surface area contributed by atoms with Crippen LogP contribution in [0.2, 0.25) is 0 Å². The minimum absolute atomic E-state index is 0.774. The van der Waals surface area contributed by atoms with Gasteiger partial charge >= 0.3 is 0 Å². The topological polar surface area (TPSA) is 56.2 Å². The van der Waals surface area contributed by atoms with Crippen molar-refractivity contribution in [3.63, 3.8) is 0 Å².